The molecule has 0 aromatic carbocycles. The summed E-state index contributed by atoms with van der Waals surface area (Å²) in [4.78, 5) is 15.3. The summed E-state index contributed by atoms with van der Waals surface area (Å²) >= 11 is 0. The minimum absolute atomic E-state index is 0.0251. The average molecular weight is 383 g/mol. The number of aromatic carboxylic acids is 1. The lowest BCUT2D eigenvalue weighted by Crippen LogP contribution is -2.24. The first-order valence-electron chi connectivity index (χ1n) is 8.44. The van der Waals surface area contributed by atoms with Crippen LogP contribution in [0.4, 0.5) is 8.78 Å². The third-order valence-electron chi connectivity index (χ3n) is 4.06. The second kappa shape index (κ2) is 7.59. The van der Waals surface area contributed by atoms with Gasteiger partial charge in [0.1, 0.15) is 0 Å². The monoisotopic (exact) mass is 383 g/mol. The van der Waals surface area contributed by atoms with Gasteiger partial charge in [0, 0.05) is 17.3 Å². The molecule has 2 heterocycles. The number of halogens is 2. The minimum atomic E-state index is -2.91. The van der Waals surface area contributed by atoms with Crippen molar-refractivity contribution in [2.24, 2.45) is 0 Å². The van der Waals surface area contributed by atoms with Gasteiger partial charge in [0.15, 0.2) is 11.4 Å². The molecule has 9 heteroatoms. The van der Waals surface area contributed by atoms with Crippen LogP contribution < -0.4 is 4.74 Å². The van der Waals surface area contributed by atoms with E-state index < -0.39 is 29.6 Å². The number of nitrogens with zero attached hydrogens (tertiary/aromatic N) is 3. The number of aromatic nitrogens is 3. The van der Waals surface area contributed by atoms with E-state index in [9.17, 15) is 23.8 Å². The van der Waals surface area contributed by atoms with E-state index in [1.54, 1.807) is 27.7 Å². The molecule has 7 nitrogen and oxygen atoms in total. The highest BCUT2D eigenvalue weighted by Gasteiger charge is 2.30. The van der Waals surface area contributed by atoms with E-state index in [0.717, 1.165) is 6.20 Å². The molecule has 2 N–H and O–H groups in total. The van der Waals surface area contributed by atoms with Crippen molar-refractivity contribution in [2.45, 2.75) is 59.1 Å². The Morgan fingerprint density at radius 2 is 1.96 bits per heavy atom. The van der Waals surface area contributed by atoms with E-state index in [1.165, 1.54) is 17.8 Å². The molecule has 0 radical (unpaired) electrons. The van der Waals surface area contributed by atoms with Crippen molar-refractivity contribution in [3.05, 3.63) is 34.8 Å². The SMILES string of the molecule is CCC(O)c1cncc(Oc2c(C)c(C(=O)O)nn2C(C)(C)C)c1C(F)F. The Morgan fingerprint density at radius 1 is 1.33 bits per heavy atom. The number of hydrogen-bond acceptors (Lipinski definition) is 5. The second-order valence-electron chi connectivity index (χ2n) is 7.13. The van der Waals surface area contributed by atoms with E-state index in [2.05, 4.69) is 10.1 Å². The molecule has 2 rings (SSSR count). The Bertz CT molecular complexity index is 844. The quantitative estimate of drug-likeness (QED) is 0.775. The normalized spacial score (nSPS) is 13.1. The first-order valence-corrected chi connectivity index (χ1v) is 8.44. The van der Waals surface area contributed by atoms with Crippen LogP contribution in [0.25, 0.3) is 0 Å². The molecule has 0 amide bonds. The van der Waals surface area contributed by atoms with E-state index in [4.69, 9.17) is 4.74 Å². The van der Waals surface area contributed by atoms with Gasteiger partial charge in [-0.25, -0.2) is 18.3 Å². The summed E-state index contributed by atoms with van der Waals surface area (Å²) in [7, 11) is 0. The number of rotatable bonds is 6. The van der Waals surface area contributed by atoms with Gasteiger partial charge in [-0.2, -0.15) is 5.10 Å². The van der Waals surface area contributed by atoms with Crippen LogP contribution in [-0.2, 0) is 5.54 Å². The summed E-state index contributed by atoms with van der Waals surface area (Å²) in [6.45, 7) is 8.49. The standard InChI is InChI=1S/C18H23F2N3O4/c1-6-11(24)10-7-21-8-12(13(10)15(19)20)27-16-9(2)14(17(25)26)22-23(16)18(3,4)5/h7-8,11,15,24H,6H2,1-5H3,(H,25,26). The number of pyridine rings is 1. The maximum absolute atomic E-state index is 13.7. The fraction of sp³-hybridized carbons (Fsp3) is 0.500. The third kappa shape index (κ3) is 4.08. The van der Waals surface area contributed by atoms with Crippen molar-refractivity contribution in [3.63, 3.8) is 0 Å². The van der Waals surface area contributed by atoms with Crippen molar-refractivity contribution in [3.8, 4) is 11.6 Å². The molecule has 0 aliphatic rings. The molecule has 0 aliphatic carbocycles. The zero-order valence-corrected chi connectivity index (χ0v) is 15.8. The molecular formula is C18H23F2N3O4. The first-order chi connectivity index (χ1) is 12.5. The predicted octanol–water partition coefficient (Wildman–Crippen LogP) is 4.21. The minimum Gasteiger partial charge on any atom is -0.476 e. The van der Waals surface area contributed by atoms with Crippen LogP contribution in [0, 0.1) is 6.92 Å². The number of aliphatic hydroxyl groups excluding tert-OH is 1. The maximum atomic E-state index is 13.7. The summed E-state index contributed by atoms with van der Waals surface area (Å²) in [5.74, 6) is -1.46. The molecule has 0 saturated heterocycles. The smallest absolute Gasteiger partial charge is 0.356 e. The molecule has 0 spiro atoms. The van der Waals surface area contributed by atoms with Gasteiger partial charge in [0.2, 0.25) is 5.88 Å². The molecule has 0 bridgehead atoms. The predicted molar refractivity (Wildman–Crippen MR) is 93.4 cm³/mol. The molecular weight excluding hydrogens is 360 g/mol. The van der Waals surface area contributed by atoms with Crippen LogP contribution in [0.15, 0.2) is 12.4 Å². The second-order valence-corrected chi connectivity index (χ2v) is 7.13. The molecule has 1 unspecified atom stereocenters. The molecule has 2 aromatic rings. The summed E-state index contributed by atoms with van der Waals surface area (Å²) in [5, 5.41) is 23.4. The molecule has 27 heavy (non-hydrogen) atoms. The highest BCUT2D eigenvalue weighted by molar-refractivity contribution is 5.87. The van der Waals surface area contributed by atoms with Crippen molar-refractivity contribution < 1.29 is 28.5 Å². The van der Waals surface area contributed by atoms with Gasteiger partial charge in [-0.15, -0.1) is 0 Å². The molecule has 1 atom stereocenters. The van der Waals surface area contributed by atoms with E-state index in [0.29, 0.717) is 0 Å². The van der Waals surface area contributed by atoms with Crippen molar-refractivity contribution in [1.82, 2.24) is 14.8 Å². The Hall–Kier alpha value is -2.55. The lowest BCUT2D eigenvalue weighted by molar-refractivity contribution is 0.0688. The number of carboxylic acid groups (broad SMARTS) is 1. The van der Waals surface area contributed by atoms with Gasteiger partial charge < -0.3 is 14.9 Å². The summed E-state index contributed by atoms with van der Waals surface area (Å²) in [6.07, 6.45) is -1.50. The highest BCUT2D eigenvalue weighted by Crippen LogP contribution is 2.39. The molecule has 0 fully saturated rings. The van der Waals surface area contributed by atoms with E-state index in [1.807, 2.05) is 0 Å². The van der Waals surface area contributed by atoms with E-state index in [-0.39, 0.29) is 34.9 Å². The van der Waals surface area contributed by atoms with Gasteiger partial charge >= 0.3 is 5.97 Å². The number of alkyl halides is 2. The van der Waals surface area contributed by atoms with Crippen molar-refractivity contribution >= 4 is 5.97 Å². The number of ether oxygens (including phenoxy) is 1. The zero-order chi connectivity index (χ0) is 20.5. The summed E-state index contributed by atoms with van der Waals surface area (Å²) in [6, 6.07) is 0. The van der Waals surface area contributed by atoms with Crippen LogP contribution in [0.3, 0.4) is 0 Å². The summed E-state index contributed by atoms with van der Waals surface area (Å²) < 4.78 is 34.5. The lowest BCUT2D eigenvalue weighted by Gasteiger charge is -2.23. The Kier molecular flexibility index (Phi) is 5.84. The molecule has 148 valence electrons. The molecule has 0 aliphatic heterocycles. The maximum Gasteiger partial charge on any atom is 0.356 e. The number of aliphatic hydroxyl groups is 1. The summed E-state index contributed by atoms with van der Waals surface area (Å²) in [5.41, 5.74) is -1.18. The van der Waals surface area contributed by atoms with E-state index >= 15 is 0 Å². The average Bonchev–Trinajstić information content (AvgIpc) is 2.90. The van der Waals surface area contributed by atoms with Crippen molar-refractivity contribution in [1.29, 1.82) is 0 Å². The third-order valence-corrected chi connectivity index (χ3v) is 4.06. The van der Waals surface area contributed by atoms with Crippen molar-refractivity contribution in [2.75, 3.05) is 0 Å². The first kappa shape index (κ1) is 20.8. The largest absolute Gasteiger partial charge is 0.476 e. The highest BCUT2D eigenvalue weighted by atomic mass is 19.3. The topological polar surface area (TPSA) is 97.5 Å². The lowest BCUT2D eigenvalue weighted by atomic mass is 10.0. The zero-order valence-electron chi connectivity index (χ0n) is 15.8. The van der Waals surface area contributed by atoms with Crippen LogP contribution in [-0.4, -0.2) is 30.9 Å². The van der Waals surface area contributed by atoms with Crippen LogP contribution >= 0.6 is 0 Å². The van der Waals surface area contributed by atoms with Gasteiger partial charge in [-0.05, 0) is 34.1 Å². The molecule has 0 saturated carbocycles. The number of carboxylic acids is 1. The van der Waals surface area contributed by atoms with Gasteiger partial charge in [-0.3, -0.25) is 4.98 Å². The fourth-order valence-corrected chi connectivity index (χ4v) is 2.63. The van der Waals surface area contributed by atoms with Crippen LogP contribution in [0.2, 0.25) is 0 Å². The van der Waals surface area contributed by atoms with Gasteiger partial charge in [-0.1, -0.05) is 6.92 Å². The fourth-order valence-electron chi connectivity index (χ4n) is 2.63. The Balaban J connectivity index is 2.66. The Labute approximate surface area is 155 Å². The van der Waals surface area contributed by atoms with Crippen LogP contribution in [0.1, 0.15) is 73.8 Å². The van der Waals surface area contributed by atoms with Gasteiger partial charge in [0.25, 0.3) is 6.43 Å². The van der Waals surface area contributed by atoms with Crippen LogP contribution in [0.5, 0.6) is 11.6 Å². The number of hydrogen-bond donors (Lipinski definition) is 2. The Morgan fingerprint density at radius 3 is 2.44 bits per heavy atom. The van der Waals surface area contributed by atoms with Gasteiger partial charge in [0.05, 0.1) is 23.4 Å². The number of carbonyl (C=O) groups is 1. The molecule has 2 aromatic heterocycles.